The molecule has 51 heavy (non-hydrogen) atoms. The number of halogens is 3. The van der Waals surface area contributed by atoms with Crippen molar-refractivity contribution < 1.29 is 23.0 Å². The second-order valence-corrected chi connectivity index (χ2v) is 17.1. The summed E-state index contributed by atoms with van der Waals surface area (Å²) in [4.78, 5) is 0. The normalized spacial score (nSPS) is 11.7. The molecule has 0 spiro atoms. The van der Waals surface area contributed by atoms with E-state index in [9.17, 15) is 8.78 Å². The molecule has 0 aliphatic carbocycles. The molecule has 0 aromatic heterocycles. The van der Waals surface area contributed by atoms with Crippen LogP contribution < -0.4 is 14.2 Å². The smallest absolute Gasteiger partial charge is 0.387 e. The fourth-order valence-corrected chi connectivity index (χ4v) is 5.48. The van der Waals surface area contributed by atoms with Crippen LogP contribution in [0.2, 0.25) is 5.02 Å². The van der Waals surface area contributed by atoms with Crippen LogP contribution in [0.5, 0.6) is 17.2 Å². The van der Waals surface area contributed by atoms with Gasteiger partial charge in [-0.25, -0.2) is 0 Å². The second-order valence-electron chi connectivity index (χ2n) is 16.7. The molecule has 4 aromatic rings. The molecule has 0 atom stereocenters. The third-order valence-electron chi connectivity index (χ3n) is 7.57. The van der Waals surface area contributed by atoms with Crippen molar-refractivity contribution >= 4 is 11.6 Å². The van der Waals surface area contributed by atoms with Crippen molar-refractivity contribution in [2.45, 2.75) is 131 Å². The molecule has 3 nitrogen and oxygen atoms in total. The molecule has 0 unspecified atom stereocenters. The van der Waals surface area contributed by atoms with Gasteiger partial charge in [0.15, 0.2) is 0 Å². The molecule has 0 aliphatic heterocycles. The Morgan fingerprint density at radius 1 is 0.451 bits per heavy atom. The number of hydrogen-bond acceptors (Lipinski definition) is 3. The minimum absolute atomic E-state index is 0.144. The van der Waals surface area contributed by atoms with Gasteiger partial charge in [-0.2, -0.15) is 8.78 Å². The molecule has 0 aliphatic rings. The van der Waals surface area contributed by atoms with Gasteiger partial charge in [0.25, 0.3) is 0 Å². The zero-order valence-electron chi connectivity index (χ0n) is 33.8. The lowest BCUT2D eigenvalue weighted by atomic mass is 9.86. The molecule has 6 heteroatoms. The van der Waals surface area contributed by atoms with Gasteiger partial charge in [-0.3, -0.25) is 0 Å². The van der Waals surface area contributed by atoms with E-state index in [1.807, 2.05) is 75.4 Å². The van der Waals surface area contributed by atoms with Crippen LogP contribution in [0.3, 0.4) is 0 Å². The highest BCUT2D eigenvalue weighted by atomic mass is 35.5. The average Bonchev–Trinajstić information content (AvgIpc) is 3.00. The van der Waals surface area contributed by atoms with E-state index in [1.165, 1.54) is 16.7 Å². The van der Waals surface area contributed by atoms with Gasteiger partial charge < -0.3 is 14.2 Å². The number of alkyl halides is 2. The van der Waals surface area contributed by atoms with E-state index in [2.05, 4.69) is 105 Å². The molecule has 0 bridgehead atoms. The Morgan fingerprint density at radius 2 is 0.745 bits per heavy atom. The molecule has 0 amide bonds. The highest BCUT2D eigenvalue weighted by Crippen LogP contribution is 2.33. The maximum atomic E-state index is 12.1. The van der Waals surface area contributed by atoms with E-state index < -0.39 is 6.61 Å². The van der Waals surface area contributed by atoms with Crippen LogP contribution in [0.4, 0.5) is 8.78 Å². The van der Waals surface area contributed by atoms with E-state index in [-0.39, 0.29) is 33.5 Å². The minimum atomic E-state index is -2.77. The van der Waals surface area contributed by atoms with Gasteiger partial charge in [-0.15, -0.1) is 0 Å². The zero-order valence-corrected chi connectivity index (χ0v) is 34.5. The predicted molar refractivity (Wildman–Crippen MR) is 215 cm³/mol. The standard InChI is InChI=1S/C13H20O.C11H14F2O.C11H16O.C10H13Cl/c1-10(2)14-12-9-7-6-8-11(12)13(3,4)5;1-11(2,3)8-6-4-5-7-9(8)14-10(12)13;1-11(2,3)9-7-5-6-8-10(9)12-4;1-10(2,3)8-6-4-5-7-9(8)11/h6-10H,1-5H3;4-7,10H,1-3H3;5-8H,1-4H3;4-7H,1-3H3. The summed E-state index contributed by atoms with van der Waals surface area (Å²) >= 11 is 6.01. The summed E-state index contributed by atoms with van der Waals surface area (Å²) in [7, 11) is 1.71. The zero-order chi connectivity index (χ0) is 39.2. The first kappa shape index (κ1) is 45.5. The highest BCUT2D eigenvalue weighted by Gasteiger charge is 2.21. The lowest BCUT2D eigenvalue weighted by Gasteiger charge is -2.23. The number of methoxy groups -OCH3 is 1. The first-order chi connectivity index (χ1) is 23.4. The summed E-state index contributed by atoms with van der Waals surface area (Å²) in [6.45, 7) is 26.9. The van der Waals surface area contributed by atoms with Gasteiger partial charge in [0.1, 0.15) is 17.2 Å². The maximum Gasteiger partial charge on any atom is 0.387 e. The van der Waals surface area contributed by atoms with Crippen molar-refractivity contribution in [2.75, 3.05) is 7.11 Å². The van der Waals surface area contributed by atoms with Gasteiger partial charge in [-0.1, -0.05) is 167 Å². The molecule has 4 rings (SSSR count). The van der Waals surface area contributed by atoms with Crippen LogP contribution >= 0.6 is 11.6 Å². The Bertz CT molecular complexity index is 1520. The second kappa shape index (κ2) is 19.9. The van der Waals surface area contributed by atoms with E-state index in [0.717, 1.165) is 22.1 Å². The van der Waals surface area contributed by atoms with Gasteiger partial charge in [0, 0.05) is 5.02 Å². The topological polar surface area (TPSA) is 27.7 Å². The highest BCUT2D eigenvalue weighted by molar-refractivity contribution is 6.31. The Balaban J connectivity index is 0.000000342. The monoisotopic (exact) mass is 724 g/mol. The van der Waals surface area contributed by atoms with E-state index in [1.54, 1.807) is 25.3 Å². The van der Waals surface area contributed by atoms with Crippen molar-refractivity contribution in [2.24, 2.45) is 0 Å². The first-order valence-corrected chi connectivity index (χ1v) is 18.0. The molecule has 0 saturated carbocycles. The molecular weight excluding hydrogens is 662 g/mol. The van der Waals surface area contributed by atoms with Gasteiger partial charge in [-0.05, 0) is 82.0 Å². The lowest BCUT2D eigenvalue weighted by molar-refractivity contribution is -0.0508. The number of hydrogen-bond donors (Lipinski definition) is 0. The summed E-state index contributed by atoms with van der Waals surface area (Å²) in [5, 5.41) is 0.861. The lowest BCUT2D eigenvalue weighted by Crippen LogP contribution is -2.15. The van der Waals surface area contributed by atoms with Crippen LogP contribution in [-0.4, -0.2) is 19.8 Å². The number of rotatable bonds is 5. The number of ether oxygens (including phenoxy) is 3. The Hall–Kier alpha value is -3.57. The molecule has 0 N–H and O–H groups in total. The van der Waals surface area contributed by atoms with Crippen molar-refractivity contribution in [3.8, 4) is 17.2 Å². The van der Waals surface area contributed by atoms with Crippen molar-refractivity contribution in [3.63, 3.8) is 0 Å². The molecular formula is C45H63ClF2O3. The van der Waals surface area contributed by atoms with Crippen LogP contribution in [0.1, 0.15) is 119 Å². The molecule has 4 aromatic carbocycles. The average molecular weight is 725 g/mol. The van der Waals surface area contributed by atoms with Crippen molar-refractivity contribution in [1.29, 1.82) is 0 Å². The summed E-state index contributed by atoms with van der Waals surface area (Å²) < 4.78 is 39.6. The largest absolute Gasteiger partial charge is 0.496 e. The van der Waals surface area contributed by atoms with Crippen LogP contribution in [-0.2, 0) is 21.7 Å². The summed E-state index contributed by atoms with van der Waals surface area (Å²) in [6, 6.07) is 31.3. The van der Waals surface area contributed by atoms with E-state index >= 15 is 0 Å². The molecule has 0 saturated heterocycles. The Labute approximate surface area is 313 Å². The van der Waals surface area contributed by atoms with E-state index in [0.29, 0.717) is 0 Å². The van der Waals surface area contributed by atoms with E-state index in [4.69, 9.17) is 21.1 Å². The maximum absolute atomic E-state index is 12.1. The Kier molecular flexibility index (Phi) is 17.7. The molecule has 0 radical (unpaired) electrons. The fourth-order valence-electron chi connectivity index (χ4n) is 5.06. The van der Waals surface area contributed by atoms with Crippen LogP contribution in [0, 0.1) is 0 Å². The molecule has 0 fully saturated rings. The fraction of sp³-hybridized carbons (Fsp3) is 0.467. The first-order valence-electron chi connectivity index (χ1n) is 17.6. The van der Waals surface area contributed by atoms with Gasteiger partial charge in [0.05, 0.1) is 13.2 Å². The molecule has 0 heterocycles. The third-order valence-corrected chi connectivity index (χ3v) is 7.90. The SMILES string of the molecule is CC(C)(C)c1ccccc1Cl.CC(C)(C)c1ccccc1OC(F)F.CC(C)Oc1ccccc1C(C)(C)C.COc1ccccc1C(C)(C)C. The summed E-state index contributed by atoms with van der Waals surface area (Å²) in [5.74, 6) is 2.25. The van der Waals surface area contributed by atoms with Crippen molar-refractivity contribution in [1.82, 2.24) is 0 Å². The van der Waals surface area contributed by atoms with Crippen molar-refractivity contribution in [3.05, 3.63) is 124 Å². The minimum Gasteiger partial charge on any atom is -0.496 e. The van der Waals surface area contributed by atoms with Gasteiger partial charge >= 0.3 is 6.61 Å². The third kappa shape index (κ3) is 16.5. The summed E-state index contributed by atoms with van der Waals surface area (Å²) in [6.07, 6.45) is 0.235. The van der Waals surface area contributed by atoms with Gasteiger partial charge in [0.2, 0.25) is 0 Å². The van der Waals surface area contributed by atoms with Crippen LogP contribution in [0.15, 0.2) is 97.1 Å². The Morgan fingerprint density at radius 3 is 1.02 bits per heavy atom. The van der Waals surface area contributed by atoms with Crippen LogP contribution in [0.25, 0.3) is 0 Å². The molecule has 282 valence electrons. The quantitative estimate of drug-likeness (QED) is 0.205. The number of para-hydroxylation sites is 3. The summed E-state index contributed by atoms with van der Waals surface area (Å²) in [5.41, 5.74) is 4.80. The number of benzene rings is 4. The predicted octanol–water partition coefficient (Wildman–Crippen LogP) is 14.0.